The summed E-state index contributed by atoms with van der Waals surface area (Å²) in [5.41, 5.74) is 2.29. The molecule has 0 atom stereocenters. The van der Waals surface area contributed by atoms with Gasteiger partial charge < -0.3 is 0 Å². The van der Waals surface area contributed by atoms with Gasteiger partial charge in [0.2, 0.25) is 0 Å². The Morgan fingerprint density at radius 1 is 0.967 bits per heavy atom. The summed E-state index contributed by atoms with van der Waals surface area (Å²) < 4.78 is 39.6. The Hall–Kier alpha value is -3.99. The topological polar surface area (TPSA) is 71.1 Å². The van der Waals surface area contributed by atoms with Gasteiger partial charge in [0.05, 0.1) is 28.6 Å². The summed E-state index contributed by atoms with van der Waals surface area (Å²) in [5.74, 6) is 0. The first kappa shape index (κ1) is 19.3. The van der Waals surface area contributed by atoms with Gasteiger partial charge in [0.1, 0.15) is 0 Å². The minimum absolute atomic E-state index is 0.266. The van der Waals surface area contributed by atoms with Gasteiger partial charge in [-0.15, -0.1) is 0 Å². The molecule has 0 amide bonds. The Labute approximate surface area is 168 Å². The average Bonchev–Trinajstić information content (AvgIpc) is 2.73. The van der Waals surface area contributed by atoms with E-state index in [9.17, 15) is 18.0 Å². The summed E-state index contributed by atoms with van der Waals surface area (Å²) in [7, 11) is 0. The van der Waals surface area contributed by atoms with Crippen molar-refractivity contribution >= 4 is 5.65 Å². The van der Waals surface area contributed by atoms with Gasteiger partial charge >= 0.3 is 6.18 Å². The van der Waals surface area contributed by atoms with Crippen molar-refractivity contribution in [2.45, 2.75) is 13.1 Å². The van der Waals surface area contributed by atoms with Crippen LogP contribution in [0.15, 0.2) is 65.5 Å². The highest BCUT2D eigenvalue weighted by atomic mass is 19.4. The van der Waals surface area contributed by atoms with Crippen molar-refractivity contribution in [1.82, 2.24) is 14.6 Å². The van der Waals surface area contributed by atoms with Crippen molar-refractivity contribution in [3.05, 3.63) is 87.8 Å². The Morgan fingerprint density at radius 2 is 1.60 bits per heavy atom. The molecule has 0 spiro atoms. The van der Waals surface area contributed by atoms with Crippen LogP contribution in [0.25, 0.3) is 28.0 Å². The highest BCUT2D eigenvalue weighted by Gasteiger charge is 2.30. The third-order valence-electron chi connectivity index (χ3n) is 4.67. The van der Waals surface area contributed by atoms with Crippen LogP contribution in [0.1, 0.15) is 16.8 Å². The number of rotatable bonds is 2. The normalized spacial score (nSPS) is 11.4. The second-order valence-electron chi connectivity index (χ2n) is 6.66. The minimum atomic E-state index is -4.42. The Kier molecular flexibility index (Phi) is 4.59. The summed E-state index contributed by atoms with van der Waals surface area (Å²) in [4.78, 5) is 17.0. The number of nitrogens with zero attached hydrogens (tertiary/aromatic N) is 4. The number of halogens is 3. The lowest BCUT2D eigenvalue weighted by atomic mass is 10.0. The van der Waals surface area contributed by atoms with E-state index >= 15 is 0 Å². The molecule has 0 N–H and O–H groups in total. The fraction of sp³-hybridized carbons (Fsp3) is 0.0909. The number of benzene rings is 2. The number of hydrogen-bond acceptors (Lipinski definition) is 4. The molecule has 0 aliphatic carbocycles. The molecule has 2 heterocycles. The van der Waals surface area contributed by atoms with E-state index in [0.29, 0.717) is 33.6 Å². The average molecular weight is 406 g/mol. The van der Waals surface area contributed by atoms with E-state index in [1.54, 1.807) is 37.3 Å². The van der Waals surface area contributed by atoms with Crippen LogP contribution in [0.4, 0.5) is 13.2 Å². The van der Waals surface area contributed by atoms with Crippen molar-refractivity contribution in [2.75, 3.05) is 0 Å². The maximum Gasteiger partial charge on any atom is 0.416 e. The first-order valence-electron chi connectivity index (χ1n) is 8.86. The van der Waals surface area contributed by atoms with Crippen LogP contribution in [0.3, 0.4) is 0 Å². The molecule has 8 heteroatoms. The summed E-state index contributed by atoms with van der Waals surface area (Å²) in [5, 5.41) is 13.2. The fourth-order valence-electron chi connectivity index (χ4n) is 3.12. The lowest BCUT2D eigenvalue weighted by Crippen LogP contribution is -2.18. The molecule has 0 saturated carbocycles. The summed E-state index contributed by atoms with van der Waals surface area (Å²) in [6.07, 6.45) is -4.42. The zero-order valence-corrected chi connectivity index (χ0v) is 15.6. The van der Waals surface area contributed by atoms with E-state index in [0.717, 1.165) is 16.6 Å². The van der Waals surface area contributed by atoms with Gasteiger partial charge in [-0.2, -0.15) is 28.0 Å². The summed E-state index contributed by atoms with van der Waals surface area (Å²) in [6.45, 7) is 1.67. The summed E-state index contributed by atoms with van der Waals surface area (Å²) in [6, 6.07) is 16.4. The minimum Gasteiger partial charge on any atom is -0.267 e. The van der Waals surface area contributed by atoms with E-state index in [1.165, 1.54) is 18.2 Å². The zero-order chi connectivity index (χ0) is 21.5. The predicted molar refractivity (Wildman–Crippen MR) is 105 cm³/mol. The fourth-order valence-corrected chi connectivity index (χ4v) is 3.12. The van der Waals surface area contributed by atoms with Gasteiger partial charge in [0.15, 0.2) is 5.65 Å². The van der Waals surface area contributed by atoms with Gasteiger partial charge in [-0.1, -0.05) is 24.3 Å². The third kappa shape index (κ3) is 3.53. The van der Waals surface area contributed by atoms with Crippen molar-refractivity contribution < 1.29 is 13.2 Å². The van der Waals surface area contributed by atoms with Crippen molar-refractivity contribution in [2.24, 2.45) is 0 Å². The van der Waals surface area contributed by atoms with Crippen LogP contribution in [-0.2, 0) is 6.18 Å². The van der Waals surface area contributed by atoms with Crippen LogP contribution in [0.5, 0.6) is 0 Å². The molecule has 0 saturated heterocycles. The summed E-state index contributed by atoms with van der Waals surface area (Å²) >= 11 is 0. The van der Waals surface area contributed by atoms with E-state index in [-0.39, 0.29) is 11.2 Å². The van der Waals surface area contributed by atoms with Gasteiger partial charge in [-0.25, -0.2) is 4.98 Å². The molecule has 2 aromatic heterocycles. The molecule has 5 nitrogen and oxygen atoms in total. The lowest BCUT2D eigenvalue weighted by molar-refractivity contribution is -0.137. The standard InChI is InChI=1S/C22H13F3N4O/c1-13-18(15-6-8-17(9-7-15)22(23,24)25)10-20-27-19(11-21(30)29(20)28-13)16-4-2-14(12-26)3-5-16/h2-11H,1H3. The van der Waals surface area contributed by atoms with Gasteiger partial charge in [-0.05, 0) is 42.8 Å². The SMILES string of the molecule is Cc1nn2c(=O)cc(-c3ccc(C#N)cc3)nc2cc1-c1ccc(C(F)(F)F)cc1. The molecule has 148 valence electrons. The Morgan fingerprint density at radius 3 is 2.20 bits per heavy atom. The smallest absolute Gasteiger partial charge is 0.267 e. The van der Waals surface area contributed by atoms with Crippen LogP contribution in [-0.4, -0.2) is 14.6 Å². The first-order chi connectivity index (χ1) is 14.3. The van der Waals surface area contributed by atoms with E-state index < -0.39 is 11.7 Å². The molecular weight excluding hydrogens is 393 g/mol. The van der Waals surface area contributed by atoms with Crippen LogP contribution in [0.2, 0.25) is 0 Å². The van der Waals surface area contributed by atoms with E-state index in [1.807, 2.05) is 6.07 Å². The van der Waals surface area contributed by atoms with E-state index in [4.69, 9.17) is 5.26 Å². The molecule has 4 aromatic rings. The monoisotopic (exact) mass is 406 g/mol. The largest absolute Gasteiger partial charge is 0.416 e. The molecule has 4 rings (SSSR count). The molecule has 0 unspecified atom stereocenters. The second-order valence-corrected chi connectivity index (χ2v) is 6.66. The molecule has 30 heavy (non-hydrogen) atoms. The molecule has 0 radical (unpaired) electrons. The zero-order valence-electron chi connectivity index (χ0n) is 15.6. The molecular formula is C22H13F3N4O. The van der Waals surface area contributed by atoms with Crippen molar-refractivity contribution in [1.29, 1.82) is 5.26 Å². The maximum atomic E-state index is 12.8. The van der Waals surface area contributed by atoms with Gasteiger partial charge in [0.25, 0.3) is 5.56 Å². The molecule has 0 aliphatic rings. The number of alkyl halides is 3. The first-order valence-corrected chi connectivity index (χ1v) is 8.86. The van der Waals surface area contributed by atoms with Crippen LogP contribution in [0, 0.1) is 18.3 Å². The van der Waals surface area contributed by atoms with Gasteiger partial charge in [0, 0.05) is 17.2 Å². The molecule has 2 aromatic carbocycles. The number of aryl methyl sites for hydroxylation is 1. The van der Waals surface area contributed by atoms with E-state index in [2.05, 4.69) is 10.1 Å². The predicted octanol–water partition coefficient (Wildman–Crippen LogP) is 4.62. The Bertz CT molecular complexity index is 1350. The highest BCUT2D eigenvalue weighted by Crippen LogP contribution is 2.31. The van der Waals surface area contributed by atoms with Crippen molar-refractivity contribution in [3.8, 4) is 28.5 Å². The highest BCUT2D eigenvalue weighted by molar-refractivity contribution is 5.71. The van der Waals surface area contributed by atoms with Crippen LogP contribution >= 0.6 is 0 Å². The molecule has 0 aliphatic heterocycles. The van der Waals surface area contributed by atoms with Gasteiger partial charge in [-0.3, -0.25) is 4.79 Å². The third-order valence-corrected chi connectivity index (χ3v) is 4.67. The lowest BCUT2D eigenvalue weighted by Gasteiger charge is -2.11. The second kappa shape index (κ2) is 7.12. The maximum absolute atomic E-state index is 12.8. The number of hydrogen-bond donors (Lipinski definition) is 0. The number of aromatic nitrogens is 3. The molecule has 0 bridgehead atoms. The van der Waals surface area contributed by atoms with Crippen molar-refractivity contribution in [3.63, 3.8) is 0 Å². The van der Waals surface area contributed by atoms with Crippen LogP contribution < -0.4 is 5.56 Å². The number of nitriles is 1. The quantitative estimate of drug-likeness (QED) is 0.487. The molecule has 0 fully saturated rings. The Balaban J connectivity index is 1.83. The number of fused-ring (bicyclic) bond motifs is 1.